The van der Waals surface area contributed by atoms with Crippen molar-refractivity contribution in [2.75, 3.05) is 19.5 Å². The first kappa shape index (κ1) is 17.9. The molecule has 2 aromatic carbocycles. The fourth-order valence-corrected chi connectivity index (χ4v) is 1.97. The van der Waals surface area contributed by atoms with E-state index in [9.17, 15) is 24.1 Å². The van der Waals surface area contributed by atoms with E-state index in [4.69, 9.17) is 15.2 Å². The van der Waals surface area contributed by atoms with Gasteiger partial charge >= 0.3 is 5.97 Å². The topological polar surface area (TPSA) is 122 Å². The van der Waals surface area contributed by atoms with Crippen LogP contribution in [-0.2, 0) is 4.74 Å². The lowest BCUT2D eigenvalue weighted by atomic mass is 10.1. The standard InChI is InChI=1S/C16H13FN2O6/c1-24-15-5-3-9(6-11(15)17)14(20)8-25-16(21)10-2-4-12(18)13(7-10)19(22)23/h2-7H,8,18H2,1H3. The number of rotatable bonds is 6. The van der Waals surface area contributed by atoms with Crippen molar-refractivity contribution in [3.8, 4) is 5.75 Å². The molecule has 0 fully saturated rings. The molecule has 0 radical (unpaired) electrons. The summed E-state index contributed by atoms with van der Waals surface area (Å²) in [5.41, 5.74) is 4.75. The number of nitro groups is 1. The van der Waals surface area contributed by atoms with Crippen LogP contribution >= 0.6 is 0 Å². The molecule has 25 heavy (non-hydrogen) atoms. The van der Waals surface area contributed by atoms with Crippen LogP contribution < -0.4 is 10.5 Å². The quantitative estimate of drug-likeness (QED) is 0.279. The number of hydrogen-bond donors (Lipinski definition) is 1. The molecule has 0 unspecified atom stereocenters. The number of ketones is 1. The van der Waals surface area contributed by atoms with Crippen LogP contribution in [0.25, 0.3) is 0 Å². The number of nitrogens with zero attached hydrogens (tertiary/aromatic N) is 1. The molecule has 0 bridgehead atoms. The van der Waals surface area contributed by atoms with E-state index in [1.54, 1.807) is 0 Å². The van der Waals surface area contributed by atoms with Crippen LogP contribution in [0.3, 0.4) is 0 Å². The fraction of sp³-hybridized carbons (Fsp3) is 0.125. The van der Waals surface area contributed by atoms with Crippen LogP contribution in [0.4, 0.5) is 15.8 Å². The maximum absolute atomic E-state index is 13.6. The second kappa shape index (κ2) is 7.39. The molecule has 0 amide bonds. The van der Waals surface area contributed by atoms with Crippen molar-refractivity contribution < 1.29 is 28.4 Å². The molecular formula is C16H13FN2O6. The molecule has 0 aliphatic heterocycles. The van der Waals surface area contributed by atoms with Crippen molar-refractivity contribution in [3.05, 3.63) is 63.5 Å². The van der Waals surface area contributed by atoms with Gasteiger partial charge in [0.25, 0.3) is 5.69 Å². The van der Waals surface area contributed by atoms with Gasteiger partial charge in [0.1, 0.15) is 5.69 Å². The van der Waals surface area contributed by atoms with Crippen LogP contribution in [0.15, 0.2) is 36.4 Å². The lowest BCUT2D eigenvalue weighted by Crippen LogP contribution is -2.15. The monoisotopic (exact) mass is 348 g/mol. The van der Waals surface area contributed by atoms with Crippen molar-refractivity contribution >= 4 is 23.1 Å². The summed E-state index contributed by atoms with van der Waals surface area (Å²) in [5, 5.41) is 10.8. The zero-order chi connectivity index (χ0) is 18.6. The van der Waals surface area contributed by atoms with Gasteiger partial charge in [0, 0.05) is 11.6 Å². The molecule has 0 atom stereocenters. The number of benzene rings is 2. The Labute approximate surface area is 141 Å². The average molecular weight is 348 g/mol. The molecule has 8 nitrogen and oxygen atoms in total. The van der Waals surface area contributed by atoms with Crippen LogP contribution in [0, 0.1) is 15.9 Å². The number of esters is 1. The van der Waals surface area contributed by atoms with Gasteiger partial charge in [0.15, 0.2) is 24.0 Å². The van der Waals surface area contributed by atoms with Gasteiger partial charge in [-0.1, -0.05) is 0 Å². The van der Waals surface area contributed by atoms with Crippen LogP contribution in [0.2, 0.25) is 0 Å². The van der Waals surface area contributed by atoms with Crippen LogP contribution in [-0.4, -0.2) is 30.4 Å². The zero-order valence-corrected chi connectivity index (χ0v) is 13.0. The smallest absolute Gasteiger partial charge is 0.338 e. The molecular weight excluding hydrogens is 335 g/mol. The molecule has 0 aliphatic rings. The fourth-order valence-electron chi connectivity index (χ4n) is 1.97. The number of methoxy groups -OCH3 is 1. The molecule has 9 heteroatoms. The number of anilines is 1. The number of carbonyl (C=O) groups is 2. The molecule has 2 N–H and O–H groups in total. The predicted molar refractivity (Wildman–Crippen MR) is 85.1 cm³/mol. The number of nitrogens with two attached hydrogens (primary N) is 1. The highest BCUT2D eigenvalue weighted by molar-refractivity contribution is 5.99. The summed E-state index contributed by atoms with van der Waals surface area (Å²) < 4.78 is 23.1. The van der Waals surface area contributed by atoms with Gasteiger partial charge in [0.05, 0.1) is 17.6 Å². The summed E-state index contributed by atoms with van der Waals surface area (Å²) in [6.07, 6.45) is 0. The summed E-state index contributed by atoms with van der Waals surface area (Å²) in [5.74, 6) is -2.33. The Bertz CT molecular complexity index is 853. The van der Waals surface area contributed by atoms with Gasteiger partial charge in [-0.2, -0.15) is 0 Å². The van der Waals surface area contributed by atoms with E-state index in [0.29, 0.717) is 0 Å². The molecule has 2 rings (SSSR count). The van der Waals surface area contributed by atoms with Gasteiger partial charge < -0.3 is 15.2 Å². The molecule has 0 heterocycles. The SMILES string of the molecule is COc1ccc(C(=O)COC(=O)c2ccc(N)c([N+](=O)[O-])c2)cc1F. The van der Waals surface area contributed by atoms with Gasteiger partial charge in [-0.15, -0.1) is 0 Å². The van der Waals surface area contributed by atoms with E-state index in [1.165, 1.54) is 31.4 Å². The third kappa shape index (κ3) is 4.08. The highest BCUT2D eigenvalue weighted by Crippen LogP contribution is 2.23. The minimum absolute atomic E-state index is 0.00520. The van der Waals surface area contributed by atoms with E-state index in [0.717, 1.165) is 12.1 Å². The molecule has 2 aromatic rings. The molecule has 130 valence electrons. The number of carbonyl (C=O) groups excluding carboxylic acids is 2. The van der Waals surface area contributed by atoms with E-state index in [-0.39, 0.29) is 22.6 Å². The molecule has 0 aliphatic carbocycles. The van der Waals surface area contributed by atoms with Crippen LogP contribution in [0.1, 0.15) is 20.7 Å². The summed E-state index contributed by atoms with van der Waals surface area (Å²) >= 11 is 0. The zero-order valence-electron chi connectivity index (χ0n) is 13.0. The first-order chi connectivity index (χ1) is 11.8. The number of nitrogen functional groups attached to an aromatic ring is 1. The first-order valence-corrected chi connectivity index (χ1v) is 6.91. The highest BCUT2D eigenvalue weighted by atomic mass is 19.1. The lowest BCUT2D eigenvalue weighted by molar-refractivity contribution is -0.383. The maximum atomic E-state index is 13.6. The Kier molecular flexibility index (Phi) is 5.28. The third-order valence-corrected chi connectivity index (χ3v) is 3.27. The normalized spacial score (nSPS) is 10.2. The first-order valence-electron chi connectivity index (χ1n) is 6.91. The van der Waals surface area contributed by atoms with Gasteiger partial charge in [-0.05, 0) is 30.3 Å². The molecule has 0 spiro atoms. The van der Waals surface area contributed by atoms with Gasteiger partial charge in [0.2, 0.25) is 0 Å². The largest absolute Gasteiger partial charge is 0.494 e. The summed E-state index contributed by atoms with van der Waals surface area (Å²) in [4.78, 5) is 33.9. The summed E-state index contributed by atoms with van der Waals surface area (Å²) in [7, 11) is 1.29. The van der Waals surface area contributed by atoms with Gasteiger partial charge in [-0.3, -0.25) is 14.9 Å². The highest BCUT2D eigenvalue weighted by Gasteiger charge is 2.18. The van der Waals surface area contributed by atoms with E-state index in [1.807, 2.05) is 0 Å². The van der Waals surface area contributed by atoms with Gasteiger partial charge in [-0.25, -0.2) is 9.18 Å². The summed E-state index contributed by atoms with van der Waals surface area (Å²) in [6, 6.07) is 6.94. The molecule has 0 saturated carbocycles. The van der Waals surface area contributed by atoms with E-state index < -0.39 is 34.8 Å². The van der Waals surface area contributed by atoms with Crippen molar-refractivity contribution in [1.82, 2.24) is 0 Å². The summed E-state index contributed by atoms with van der Waals surface area (Å²) in [6.45, 7) is -0.650. The number of nitro benzene ring substituents is 1. The number of hydrogen-bond acceptors (Lipinski definition) is 7. The second-order valence-electron chi connectivity index (χ2n) is 4.88. The second-order valence-corrected chi connectivity index (χ2v) is 4.88. The number of halogens is 1. The van der Waals surface area contributed by atoms with Crippen molar-refractivity contribution in [2.24, 2.45) is 0 Å². The predicted octanol–water partition coefficient (Wildman–Crippen LogP) is 2.36. The minimum atomic E-state index is -0.939. The number of Topliss-reactive ketones (excluding diaryl/α,β-unsaturated/α-hetero) is 1. The molecule has 0 aromatic heterocycles. The average Bonchev–Trinajstić information content (AvgIpc) is 2.59. The number of ether oxygens (including phenoxy) is 2. The van der Waals surface area contributed by atoms with Crippen molar-refractivity contribution in [3.63, 3.8) is 0 Å². The third-order valence-electron chi connectivity index (χ3n) is 3.27. The Morgan fingerprint density at radius 1 is 1.20 bits per heavy atom. The lowest BCUT2D eigenvalue weighted by Gasteiger charge is -2.07. The van der Waals surface area contributed by atoms with Crippen LogP contribution in [0.5, 0.6) is 5.75 Å². The Balaban J connectivity index is 2.07. The molecule has 0 saturated heterocycles. The minimum Gasteiger partial charge on any atom is -0.494 e. The Morgan fingerprint density at radius 2 is 1.88 bits per heavy atom. The Morgan fingerprint density at radius 3 is 2.48 bits per heavy atom. The van der Waals surface area contributed by atoms with E-state index in [2.05, 4.69) is 0 Å². The van der Waals surface area contributed by atoms with Crippen molar-refractivity contribution in [1.29, 1.82) is 0 Å². The maximum Gasteiger partial charge on any atom is 0.338 e. The Hall–Kier alpha value is -3.49. The van der Waals surface area contributed by atoms with Crippen molar-refractivity contribution in [2.45, 2.75) is 0 Å². The van der Waals surface area contributed by atoms with E-state index >= 15 is 0 Å².